The molecule has 2 aromatic rings. The van der Waals surface area contributed by atoms with Crippen LogP contribution in [0, 0.1) is 18.6 Å². The lowest BCUT2D eigenvalue weighted by Crippen LogP contribution is -2.31. The van der Waals surface area contributed by atoms with E-state index in [0.717, 1.165) is 22.4 Å². The highest BCUT2D eigenvalue weighted by molar-refractivity contribution is 7.99. The van der Waals surface area contributed by atoms with Gasteiger partial charge in [0, 0.05) is 13.1 Å². The van der Waals surface area contributed by atoms with Gasteiger partial charge in [-0.25, -0.2) is 8.78 Å². The summed E-state index contributed by atoms with van der Waals surface area (Å²) in [4.78, 5) is 2.49. The van der Waals surface area contributed by atoms with Gasteiger partial charge in [-0.15, -0.1) is 11.8 Å². The lowest BCUT2D eigenvalue weighted by Gasteiger charge is -2.32. The zero-order chi connectivity index (χ0) is 17.3. The molecule has 23 heavy (non-hydrogen) atoms. The molecule has 0 aromatic heterocycles. The van der Waals surface area contributed by atoms with Crippen LogP contribution in [0.3, 0.4) is 0 Å². The van der Waals surface area contributed by atoms with E-state index in [1.807, 2.05) is 18.7 Å². The molecule has 2 N–H and O–H groups in total. The Balaban J connectivity index is 1.99. The predicted molar refractivity (Wildman–Crippen MR) is 93.1 cm³/mol. The number of thioether (sulfide) groups is 1. The third-order valence-electron chi connectivity index (χ3n) is 4.21. The van der Waals surface area contributed by atoms with Crippen LogP contribution in [0.1, 0.15) is 23.6 Å². The standard InChI is InChI=1S/C18H20F2N2S/c1-3-23-18-16(20)15(8-11(2)17(18)21)22-7-6-12-9-14(19)5-4-13(12)10-22/h4-5,8-9H,3,6-7,10,21H2,1-2H3/i/hD. The van der Waals surface area contributed by atoms with Gasteiger partial charge in [-0.2, -0.15) is 0 Å². The summed E-state index contributed by atoms with van der Waals surface area (Å²) in [5.74, 6) is 0.223. The highest BCUT2D eigenvalue weighted by Gasteiger charge is 2.23. The first-order valence-corrected chi connectivity index (χ1v) is 8.69. The van der Waals surface area contributed by atoms with Crippen LogP contribution in [0.4, 0.5) is 20.2 Å². The maximum atomic E-state index is 15.1. The molecule has 0 atom stereocenters. The number of hydrogen-bond donors (Lipinski definition) is 1. The normalized spacial score (nSPS) is 14.4. The van der Waals surface area contributed by atoms with E-state index in [1.165, 1.54) is 17.8 Å². The molecule has 0 radical (unpaired) electrons. The van der Waals surface area contributed by atoms with Crippen molar-refractivity contribution in [3.8, 4) is 0 Å². The number of nitrogens with zero attached hydrogens (tertiary/aromatic N) is 1. The van der Waals surface area contributed by atoms with Gasteiger partial charge in [-0.1, -0.05) is 13.0 Å². The van der Waals surface area contributed by atoms with Gasteiger partial charge in [0.05, 0.1) is 16.3 Å². The SMILES string of the molecule is [2H]Nc1c(C)cc(N2CCc3cc(F)ccc3C2)c(F)c1SCC. The molecule has 2 aromatic carbocycles. The number of halogens is 2. The van der Waals surface area contributed by atoms with Crippen molar-refractivity contribution in [1.29, 1.82) is 0 Å². The van der Waals surface area contributed by atoms with E-state index in [9.17, 15) is 4.39 Å². The third kappa shape index (κ3) is 3.02. The van der Waals surface area contributed by atoms with Crippen molar-refractivity contribution < 1.29 is 10.2 Å². The summed E-state index contributed by atoms with van der Waals surface area (Å²) in [6.45, 7) is 5.06. The largest absolute Gasteiger partial charge is 0.398 e. The van der Waals surface area contributed by atoms with Gasteiger partial charge in [0.2, 0.25) is 0 Å². The Morgan fingerprint density at radius 2 is 2.13 bits per heavy atom. The fraction of sp³-hybridized carbons (Fsp3) is 0.333. The monoisotopic (exact) mass is 335 g/mol. The molecular formula is C18H20F2N2S. The number of benzene rings is 2. The van der Waals surface area contributed by atoms with Crippen LogP contribution in [-0.4, -0.2) is 12.3 Å². The summed E-state index contributed by atoms with van der Waals surface area (Å²) in [7, 11) is 0. The summed E-state index contributed by atoms with van der Waals surface area (Å²) in [5, 5.41) is 0. The molecule has 1 heterocycles. The van der Waals surface area contributed by atoms with Crippen LogP contribution in [-0.2, 0) is 13.0 Å². The Labute approximate surface area is 141 Å². The number of nitrogens with two attached hydrogens (primary N) is 1. The van der Waals surface area contributed by atoms with Gasteiger partial charge >= 0.3 is 0 Å². The van der Waals surface area contributed by atoms with Crippen molar-refractivity contribution in [2.75, 3.05) is 22.9 Å². The maximum Gasteiger partial charge on any atom is 0.162 e. The Morgan fingerprint density at radius 1 is 1.30 bits per heavy atom. The first-order chi connectivity index (χ1) is 11.5. The van der Waals surface area contributed by atoms with Gasteiger partial charge in [-0.3, -0.25) is 0 Å². The summed E-state index contributed by atoms with van der Waals surface area (Å²) in [6, 6.07) is 6.60. The average Bonchev–Trinajstić information content (AvgIpc) is 2.58. The maximum absolute atomic E-state index is 15.1. The minimum absolute atomic E-state index is 0.225. The van der Waals surface area contributed by atoms with Crippen molar-refractivity contribution in [3.05, 3.63) is 52.6 Å². The van der Waals surface area contributed by atoms with Crippen molar-refractivity contribution in [2.24, 2.45) is 0 Å². The lowest BCUT2D eigenvalue weighted by atomic mass is 9.99. The highest BCUT2D eigenvalue weighted by atomic mass is 32.2. The summed E-state index contributed by atoms with van der Waals surface area (Å²) < 4.78 is 35.9. The second-order valence-corrected chi connectivity index (χ2v) is 7.02. The van der Waals surface area contributed by atoms with E-state index < -0.39 is 0 Å². The quantitative estimate of drug-likeness (QED) is 0.657. The summed E-state index contributed by atoms with van der Waals surface area (Å²) >= 11 is 1.40. The Hall–Kier alpha value is -1.75. The lowest BCUT2D eigenvalue weighted by molar-refractivity contribution is 0.586. The van der Waals surface area contributed by atoms with E-state index in [4.69, 9.17) is 1.41 Å². The predicted octanol–water partition coefficient (Wildman–Crippen LogP) is 4.53. The molecule has 122 valence electrons. The van der Waals surface area contributed by atoms with Crippen LogP contribution in [0.5, 0.6) is 0 Å². The molecule has 0 saturated carbocycles. The molecule has 1 aliphatic heterocycles. The fourth-order valence-electron chi connectivity index (χ4n) is 2.98. The van der Waals surface area contributed by atoms with E-state index in [0.29, 0.717) is 35.8 Å². The van der Waals surface area contributed by atoms with Crippen molar-refractivity contribution in [2.45, 2.75) is 31.7 Å². The van der Waals surface area contributed by atoms with Crippen molar-refractivity contribution >= 4 is 23.1 Å². The van der Waals surface area contributed by atoms with E-state index in [2.05, 4.69) is 5.73 Å². The summed E-state index contributed by atoms with van der Waals surface area (Å²) in [5.41, 5.74) is 6.33. The zero-order valence-electron chi connectivity index (χ0n) is 14.2. The number of aryl methyl sites for hydroxylation is 1. The number of nitrogen functional groups attached to an aromatic ring is 1. The third-order valence-corrected chi connectivity index (χ3v) is 5.17. The average molecular weight is 335 g/mol. The minimum atomic E-state index is -0.284. The fourth-order valence-corrected chi connectivity index (χ4v) is 3.81. The van der Waals surface area contributed by atoms with Crippen molar-refractivity contribution in [1.82, 2.24) is 0 Å². The van der Waals surface area contributed by atoms with E-state index in [1.54, 1.807) is 18.2 Å². The molecule has 0 saturated heterocycles. The van der Waals surface area contributed by atoms with Gasteiger partial charge in [-0.05, 0) is 54.0 Å². The van der Waals surface area contributed by atoms with Crippen LogP contribution in [0.15, 0.2) is 29.2 Å². The summed E-state index contributed by atoms with van der Waals surface area (Å²) in [6.07, 6.45) is 0.695. The van der Waals surface area contributed by atoms with Crippen LogP contribution < -0.4 is 10.6 Å². The number of fused-ring (bicyclic) bond motifs is 1. The minimum Gasteiger partial charge on any atom is -0.398 e. The number of anilines is 2. The highest BCUT2D eigenvalue weighted by Crippen LogP contribution is 2.38. The Bertz CT molecular complexity index is 767. The smallest absolute Gasteiger partial charge is 0.162 e. The van der Waals surface area contributed by atoms with Gasteiger partial charge < -0.3 is 10.6 Å². The first-order valence-electron chi connectivity index (χ1n) is 8.21. The molecule has 5 heteroatoms. The molecule has 0 spiro atoms. The molecule has 0 fully saturated rings. The molecule has 0 aliphatic carbocycles. The van der Waals surface area contributed by atoms with Crippen LogP contribution in [0.25, 0.3) is 0 Å². The second-order valence-electron chi connectivity index (χ2n) is 5.75. The zero-order valence-corrected chi connectivity index (χ0v) is 14.1. The Kier molecular flexibility index (Phi) is 4.12. The molecule has 0 amide bonds. The van der Waals surface area contributed by atoms with Gasteiger partial charge in [0.1, 0.15) is 5.82 Å². The van der Waals surface area contributed by atoms with Crippen LogP contribution >= 0.6 is 11.8 Å². The molecule has 2 nitrogen and oxygen atoms in total. The molecular weight excluding hydrogens is 314 g/mol. The molecule has 3 rings (SSSR count). The molecule has 1 aliphatic rings. The van der Waals surface area contributed by atoms with E-state index in [-0.39, 0.29) is 11.6 Å². The van der Waals surface area contributed by atoms with Crippen molar-refractivity contribution in [3.63, 3.8) is 0 Å². The van der Waals surface area contributed by atoms with E-state index >= 15 is 4.39 Å². The van der Waals surface area contributed by atoms with Gasteiger partial charge in [0.15, 0.2) is 7.23 Å². The van der Waals surface area contributed by atoms with Crippen LogP contribution in [0.2, 0.25) is 1.41 Å². The topological polar surface area (TPSA) is 29.3 Å². The molecule has 0 bridgehead atoms. The number of rotatable bonds is 4. The number of hydrogen-bond acceptors (Lipinski definition) is 3. The first kappa shape index (κ1) is 14.8. The second kappa shape index (κ2) is 6.40. The molecule has 0 unspecified atom stereocenters. The Morgan fingerprint density at radius 3 is 2.87 bits per heavy atom. The van der Waals surface area contributed by atoms with Gasteiger partial charge in [0.25, 0.3) is 0 Å².